The van der Waals surface area contributed by atoms with Crippen LogP contribution in [0, 0.1) is 0 Å². The second-order valence-electron chi connectivity index (χ2n) is 21.8. The summed E-state index contributed by atoms with van der Waals surface area (Å²) in [5.41, 5.74) is 27.2. The van der Waals surface area contributed by atoms with Gasteiger partial charge in [0.1, 0.15) is 22.3 Å². The van der Waals surface area contributed by atoms with Gasteiger partial charge < -0.3 is 18.6 Å². The van der Waals surface area contributed by atoms with E-state index < -0.39 is 0 Å². The van der Waals surface area contributed by atoms with E-state index >= 15 is 0 Å². The molecule has 0 bridgehead atoms. The molecule has 15 aromatic rings. The largest absolute Gasteiger partial charge is 0.455 e. The lowest BCUT2D eigenvalue weighted by Crippen LogP contribution is -2.61. The number of hydrogen-bond acceptors (Lipinski definition) is 4. The lowest BCUT2D eigenvalue weighted by atomic mass is 9.33. The lowest BCUT2D eigenvalue weighted by molar-refractivity contribution is 0.669. The fourth-order valence-corrected chi connectivity index (χ4v) is 13.7. The number of para-hydroxylation sites is 6. The zero-order chi connectivity index (χ0) is 54.5. The van der Waals surface area contributed by atoms with Crippen molar-refractivity contribution in [3.8, 4) is 66.8 Å². The minimum Gasteiger partial charge on any atom is -0.455 e. The summed E-state index contributed by atoms with van der Waals surface area (Å²) in [6, 6.07) is 108. The van der Waals surface area contributed by atoms with E-state index in [4.69, 9.17) is 8.83 Å². The van der Waals surface area contributed by atoms with Crippen molar-refractivity contribution < 1.29 is 8.83 Å². The fourth-order valence-electron chi connectivity index (χ4n) is 13.7. The summed E-state index contributed by atoms with van der Waals surface area (Å²) in [4.78, 5) is 5.18. The topological polar surface area (TPSA) is 32.8 Å². The molecule has 2 aromatic heterocycles. The summed E-state index contributed by atoms with van der Waals surface area (Å²) in [5.74, 6) is 0. The van der Waals surface area contributed by atoms with E-state index in [1.165, 1.54) is 16.4 Å². The molecule has 0 aliphatic carbocycles. The Hall–Kier alpha value is -10.9. The molecule has 2 aliphatic rings. The van der Waals surface area contributed by atoms with Gasteiger partial charge >= 0.3 is 0 Å². The first-order valence-corrected chi connectivity index (χ1v) is 28.5. The van der Waals surface area contributed by atoms with Crippen LogP contribution in [0.5, 0.6) is 0 Å². The lowest BCUT2D eigenvalue weighted by Gasteiger charge is -2.45. The van der Waals surface area contributed by atoms with Gasteiger partial charge in [-0.1, -0.05) is 261 Å². The Morgan fingerprint density at radius 1 is 0.241 bits per heavy atom. The van der Waals surface area contributed by atoms with E-state index in [1.807, 2.05) is 0 Å². The number of hydrogen-bond donors (Lipinski definition) is 0. The first-order valence-electron chi connectivity index (χ1n) is 28.5. The van der Waals surface area contributed by atoms with Crippen molar-refractivity contribution in [3.05, 3.63) is 297 Å². The molecule has 83 heavy (non-hydrogen) atoms. The molecule has 5 heteroatoms. The molecule has 0 saturated heterocycles. The van der Waals surface area contributed by atoms with Gasteiger partial charge in [0, 0.05) is 77.7 Å². The molecule has 13 aromatic carbocycles. The summed E-state index contributed by atoms with van der Waals surface area (Å²) in [5, 5.41) is 4.42. The van der Waals surface area contributed by atoms with E-state index in [0.717, 1.165) is 145 Å². The van der Waals surface area contributed by atoms with Crippen molar-refractivity contribution >= 4 is 101 Å². The second kappa shape index (κ2) is 18.9. The van der Waals surface area contributed by atoms with Crippen LogP contribution in [0.3, 0.4) is 0 Å². The molecule has 0 saturated carbocycles. The molecule has 386 valence electrons. The summed E-state index contributed by atoms with van der Waals surface area (Å²) in [6.45, 7) is -0.239. The minimum absolute atomic E-state index is 0.239. The van der Waals surface area contributed by atoms with Gasteiger partial charge in [0.15, 0.2) is 0 Å². The Kier molecular flexibility index (Phi) is 10.7. The number of furan rings is 2. The second-order valence-corrected chi connectivity index (χ2v) is 21.8. The van der Waals surface area contributed by atoms with Crippen molar-refractivity contribution in [2.45, 2.75) is 0 Å². The average Bonchev–Trinajstić information content (AvgIpc) is 1.67. The normalized spacial score (nSPS) is 12.5. The van der Waals surface area contributed by atoms with E-state index in [9.17, 15) is 0 Å². The quantitative estimate of drug-likeness (QED) is 0.142. The maximum absolute atomic E-state index is 6.85. The van der Waals surface area contributed by atoms with Crippen molar-refractivity contribution in [3.63, 3.8) is 0 Å². The first-order chi connectivity index (χ1) is 41.2. The number of fused-ring (bicyclic) bond motifs is 10. The standard InChI is InChI=1S/C78H49BN2O2/c1-5-22-50(23-6-1)56-32-17-33-57(51-24-7-2-8-25-51)75(56)80-68-46-44-54(60-36-19-38-64-62-30-13-15-42-72(62)82-77(60)64)48-66(68)79-67-49-55(61-37-20-39-65-63-31-14-16-43-73(63)83-78(61)65)45-47-69(67)81(71-41-21-40-70(80)74(71)79)76-58(52-26-9-3-10-27-52)34-18-35-59(76)53-28-11-4-12-29-53/h1-49H. The number of anilines is 6. The smallest absolute Gasteiger partial charge is 0.252 e. The summed E-state index contributed by atoms with van der Waals surface area (Å²) >= 11 is 0. The van der Waals surface area contributed by atoms with Crippen molar-refractivity contribution in [1.82, 2.24) is 0 Å². The summed E-state index contributed by atoms with van der Waals surface area (Å²) < 4.78 is 13.7. The Morgan fingerprint density at radius 3 is 0.964 bits per heavy atom. The molecule has 0 unspecified atom stereocenters. The summed E-state index contributed by atoms with van der Waals surface area (Å²) in [7, 11) is 0. The third kappa shape index (κ3) is 7.34. The molecular formula is C78H49BN2O2. The highest BCUT2D eigenvalue weighted by Crippen LogP contribution is 2.53. The van der Waals surface area contributed by atoms with Crippen LogP contribution in [-0.4, -0.2) is 6.71 Å². The molecule has 17 rings (SSSR count). The van der Waals surface area contributed by atoms with Gasteiger partial charge in [-0.05, 0) is 86.2 Å². The van der Waals surface area contributed by atoms with E-state index in [1.54, 1.807) is 0 Å². The van der Waals surface area contributed by atoms with Gasteiger partial charge in [0.2, 0.25) is 0 Å². The highest BCUT2D eigenvalue weighted by molar-refractivity contribution is 7.00. The van der Waals surface area contributed by atoms with Crippen molar-refractivity contribution in [2.24, 2.45) is 0 Å². The third-order valence-corrected chi connectivity index (χ3v) is 17.3. The van der Waals surface area contributed by atoms with Gasteiger partial charge in [-0.2, -0.15) is 0 Å². The Balaban J connectivity index is 1.01. The van der Waals surface area contributed by atoms with Crippen LogP contribution in [-0.2, 0) is 0 Å². The van der Waals surface area contributed by atoms with Crippen molar-refractivity contribution in [1.29, 1.82) is 0 Å². The third-order valence-electron chi connectivity index (χ3n) is 17.3. The average molecular weight is 1060 g/mol. The van der Waals surface area contributed by atoms with Crippen LogP contribution < -0.4 is 26.2 Å². The van der Waals surface area contributed by atoms with E-state index in [0.29, 0.717) is 0 Å². The number of benzene rings is 13. The molecule has 0 N–H and O–H groups in total. The molecule has 4 nitrogen and oxygen atoms in total. The van der Waals surface area contributed by atoms with Gasteiger partial charge in [-0.15, -0.1) is 0 Å². The van der Waals surface area contributed by atoms with E-state index in [2.05, 4.69) is 307 Å². The van der Waals surface area contributed by atoms with E-state index in [-0.39, 0.29) is 6.71 Å². The minimum atomic E-state index is -0.239. The first kappa shape index (κ1) is 47.0. The molecule has 0 spiro atoms. The number of nitrogens with zero attached hydrogens (tertiary/aromatic N) is 2. The molecule has 2 aliphatic heterocycles. The molecule has 4 heterocycles. The fraction of sp³-hybridized carbons (Fsp3) is 0. The van der Waals surface area contributed by atoms with Gasteiger partial charge in [-0.3, -0.25) is 0 Å². The molecule has 0 fully saturated rings. The van der Waals surface area contributed by atoms with Gasteiger partial charge in [0.25, 0.3) is 6.71 Å². The highest BCUT2D eigenvalue weighted by atomic mass is 16.3. The van der Waals surface area contributed by atoms with Crippen molar-refractivity contribution in [2.75, 3.05) is 9.80 Å². The Labute approximate surface area is 481 Å². The number of rotatable bonds is 8. The predicted molar refractivity (Wildman–Crippen MR) is 348 cm³/mol. The van der Waals surface area contributed by atoms with Gasteiger partial charge in [-0.25, -0.2) is 0 Å². The van der Waals surface area contributed by atoms with Crippen LogP contribution in [0.25, 0.3) is 111 Å². The Bertz CT molecular complexity index is 4620. The molecule has 0 radical (unpaired) electrons. The highest BCUT2D eigenvalue weighted by Gasteiger charge is 2.45. The molecular weight excluding hydrogens is 1010 g/mol. The summed E-state index contributed by atoms with van der Waals surface area (Å²) in [6.07, 6.45) is 0. The van der Waals surface area contributed by atoms with Crippen LogP contribution in [0.2, 0.25) is 0 Å². The monoisotopic (exact) mass is 1060 g/mol. The Morgan fingerprint density at radius 2 is 0.566 bits per heavy atom. The maximum atomic E-state index is 6.85. The van der Waals surface area contributed by atoms with Crippen LogP contribution in [0.4, 0.5) is 34.1 Å². The SMILES string of the molecule is c1ccc(-c2cccc(-c3ccccc3)c2N2c3ccc(-c4cccc5c4oc4ccccc45)cc3B3c4cc(-c5cccc6c5oc5ccccc56)ccc4N(c4c(-c5ccccc5)cccc4-c4ccccc4)c4cccc2c43)cc1. The van der Waals surface area contributed by atoms with Crippen LogP contribution in [0.15, 0.2) is 306 Å². The molecule has 0 atom stereocenters. The van der Waals surface area contributed by atoms with Crippen LogP contribution >= 0.6 is 0 Å². The van der Waals surface area contributed by atoms with Gasteiger partial charge in [0.05, 0.1) is 11.4 Å². The zero-order valence-corrected chi connectivity index (χ0v) is 45.1. The maximum Gasteiger partial charge on any atom is 0.252 e. The predicted octanol–water partition coefficient (Wildman–Crippen LogP) is 19.6. The zero-order valence-electron chi connectivity index (χ0n) is 45.1. The van der Waals surface area contributed by atoms with Crippen LogP contribution in [0.1, 0.15) is 0 Å². The molecule has 0 amide bonds.